The van der Waals surface area contributed by atoms with Crippen molar-refractivity contribution in [2.24, 2.45) is 0 Å². The minimum absolute atomic E-state index is 0.0293. The van der Waals surface area contributed by atoms with Crippen LogP contribution in [0.25, 0.3) is 0 Å². The molecule has 2 aliphatic rings. The first-order chi connectivity index (χ1) is 9.24. The van der Waals surface area contributed by atoms with Crippen molar-refractivity contribution in [3.8, 4) is 0 Å². The highest BCUT2D eigenvalue weighted by molar-refractivity contribution is 5.92. The summed E-state index contributed by atoms with van der Waals surface area (Å²) in [5, 5.41) is 0. The third-order valence-corrected chi connectivity index (χ3v) is 4.11. The molecule has 0 radical (unpaired) electrons. The van der Waals surface area contributed by atoms with Gasteiger partial charge in [-0.1, -0.05) is 0 Å². The molecule has 2 aliphatic heterocycles. The van der Waals surface area contributed by atoms with Crippen molar-refractivity contribution in [3.05, 3.63) is 24.0 Å². The number of likely N-dealkylation sites (tertiary alicyclic amines) is 2. The minimum atomic E-state index is 0.0293. The molecule has 0 aliphatic carbocycles. The number of carbonyl (C=O) groups is 1. The van der Waals surface area contributed by atoms with Gasteiger partial charge in [-0.05, 0) is 44.5 Å². The van der Waals surface area contributed by atoms with E-state index in [1.165, 1.54) is 25.9 Å². The van der Waals surface area contributed by atoms with Crippen molar-refractivity contribution >= 4 is 11.6 Å². The van der Waals surface area contributed by atoms with Crippen LogP contribution in [0.15, 0.2) is 18.3 Å². The van der Waals surface area contributed by atoms with Gasteiger partial charge in [-0.3, -0.25) is 9.69 Å². The summed E-state index contributed by atoms with van der Waals surface area (Å²) >= 11 is 0. The molecule has 0 saturated carbocycles. The Bertz CT molecular complexity index is 453. The fourth-order valence-electron chi connectivity index (χ4n) is 3.02. The minimum Gasteiger partial charge on any atom is -0.397 e. The predicted molar refractivity (Wildman–Crippen MR) is 73.8 cm³/mol. The van der Waals surface area contributed by atoms with Gasteiger partial charge in [-0.25, -0.2) is 4.98 Å². The summed E-state index contributed by atoms with van der Waals surface area (Å²) in [7, 11) is 0. The number of aromatic nitrogens is 1. The Morgan fingerprint density at radius 3 is 2.74 bits per heavy atom. The number of carbonyl (C=O) groups excluding carboxylic acids is 1. The van der Waals surface area contributed by atoms with Gasteiger partial charge in [-0.2, -0.15) is 0 Å². The Hall–Kier alpha value is -1.62. The zero-order valence-electron chi connectivity index (χ0n) is 11.1. The summed E-state index contributed by atoms with van der Waals surface area (Å²) in [6.45, 7) is 4.05. The molecule has 1 unspecified atom stereocenters. The van der Waals surface area contributed by atoms with E-state index >= 15 is 0 Å². The molecule has 5 heteroatoms. The molecule has 5 nitrogen and oxygen atoms in total. The third kappa shape index (κ3) is 2.56. The van der Waals surface area contributed by atoms with Crippen LogP contribution in [-0.2, 0) is 0 Å². The largest absolute Gasteiger partial charge is 0.397 e. The molecule has 1 aromatic rings. The SMILES string of the molecule is Nc1ccc(C(=O)N2CCC(N3CCCC3)C2)nc1. The van der Waals surface area contributed by atoms with E-state index in [-0.39, 0.29) is 5.91 Å². The lowest BCUT2D eigenvalue weighted by Crippen LogP contribution is -2.37. The van der Waals surface area contributed by atoms with E-state index in [1.807, 2.05) is 4.90 Å². The number of anilines is 1. The highest BCUT2D eigenvalue weighted by Gasteiger charge is 2.32. The van der Waals surface area contributed by atoms with Gasteiger partial charge >= 0.3 is 0 Å². The van der Waals surface area contributed by atoms with Gasteiger partial charge in [0.1, 0.15) is 5.69 Å². The van der Waals surface area contributed by atoms with Crippen LogP contribution in [0.4, 0.5) is 5.69 Å². The fourth-order valence-corrected chi connectivity index (χ4v) is 3.02. The highest BCUT2D eigenvalue weighted by atomic mass is 16.2. The first-order valence-electron chi connectivity index (χ1n) is 6.99. The van der Waals surface area contributed by atoms with Crippen LogP contribution in [0.1, 0.15) is 29.8 Å². The van der Waals surface area contributed by atoms with Gasteiger partial charge in [0.15, 0.2) is 0 Å². The molecule has 3 heterocycles. The number of nitrogens with two attached hydrogens (primary N) is 1. The number of nitrogens with zero attached hydrogens (tertiary/aromatic N) is 3. The van der Waals surface area contributed by atoms with Gasteiger partial charge in [0, 0.05) is 19.1 Å². The van der Waals surface area contributed by atoms with Gasteiger partial charge in [0.25, 0.3) is 5.91 Å². The molecular weight excluding hydrogens is 240 g/mol. The zero-order valence-corrected chi connectivity index (χ0v) is 11.1. The second-order valence-electron chi connectivity index (χ2n) is 5.41. The molecule has 3 rings (SSSR count). The van der Waals surface area contributed by atoms with Gasteiger partial charge in [-0.15, -0.1) is 0 Å². The van der Waals surface area contributed by atoms with Crippen LogP contribution < -0.4 is 5.73 Å². The number of amides is 1. The Morgan fingerprint density at radius 1 is 1.26 bits per heavy atom. The second-order valence-corrected chi connectivity index (χ2v) is 5.41. The molecule has 19 heavy (non-hydrogen) atoms. The number of pyridine rings is 1. The first kappa shape index (κ1) is 12.4. The van der Waals surface area contributed by atoms with Crippen molar-refractivity contribution < 1.29 is 4.79 Å². The Balaban J connectivity index is 1.63. The smallest absolute Gasteiger partial charge is 0.272 e. The van der Waals surface area contributed by atoms with Crippen molar-refractivity contribution in [3.63, 3.8) is 0 Å². The average Bonchev–Trinajstić information content (AvgIpc) is 3.10. The van der Waals surface area contributed by atoms with Gasteiger partial charge in [0.2, 0.25) is 0 Å². The summed E-state index contributed by atoms with van der Waals surface area (Å²) < 4.78 is 0. The predicted octanol–water partition coefficient (Wildman–Crippen LogP) is 0.974. The maximum Gasteiger partial charge on any atom is 0.272 e. The molecule has 2 fully saturated rings. The number of hydrogen-bond donors (Lipinski definition) is 1. The van der Waals surface area contributed by atoms with E-state index in [9.17, 15) is 4.79 Å². The average molecular weight is 260 g/mol. The number of nitrogen functional groups attached to an aromatic ring is 1. The number of hydrogen-bond acceptors (Lipinski definition) is 4. The van der Waals surface area contributed by atoms with Crippen LogP contribution in [0.3, 0.4) is 0 Å². The van der Waals surface area contributed by atoms with E-state index in [4.69, 9.17) is 5.73 Å². The molecule has 1 amide bonds. The lowest BCUT2D eigenvalue weighted by atomic mass is 10.2. The van der Waals surface area contributed by atoms with Gasteiger partial charge in [0.05, 0.1) is 11.9 Å². The van der Waals surface area contributed by atoms with Crippen molar-refractivity contribution in [1.82, 2.24) is 14.8 Å². The topological polar surface area (TPSA) is 62.5 Å². The van der Waals surface area contributed by atoms with E-state index in [1.54, 1.807) is 18.3 Å². The Morgan fingerprint density at radius 2 is 2.05 bits per heavy atom. The molecular formula is C14H20N4O. The van der Waals surface area contributed by atoms with Gasteiger partial charge < -0.3 is 10.6 Å². The highest BCUT2D eigenvalue weighted by Crippen LogP contribution is 2.21. The molecule has 0 spiro atoms. The molecule has 102 valence electrons. The monoisotopic (exact) mass is 260 g/mol. The summed E-state index contributed by atoms with van der Waals surface area (Å²) in [5.74, 6) is 0.0293. The number of rotatable bonds is 2. The lowest BCUT2D eigenvalue weighted by Gasteiger charge is -2.23. The summed E-state index contributed by atoms with van der Waals surface area (Å²) in [6, 6.07) is 3.98. The Kier molecular flexibility index (Phi) is 3.38. The zero-order chi connectivity index (χ0) is 13.2. The standard InChI is InChI=1S/C14H20N4O/c15-11-3-4-13(16-9-11)14(19)18-8-5-12(10-18)17-6-1-2-7-17/h3-4,9,12H,1-2,5-8,10,15H2. The maximum atomic E-state index is 12.3. The molecule has 0 aromatic carbocycles. The molecule has 2 N–H and O–H groups in total. The molecule has 1 atom stereocenters. The maximum absolute atomic E-state index is 12.3. The van der Waals surface area contributed by atoms with E-state index in [0.717, 1.165) is 19.5 Å². The van der Waals surface area contributed by atoms with E-state index in [2.05, 4.69) is 9.88 Å². The molecule has 1 aromatic heterocycles. The fraction of sp³-hybridized carbons (Fsp3) is 0.571. The van der Waals surface area contributed by atoms with E-state index < -0.39 is 0 Å². The quantitative estimate of drug-likeness (QED) is 0.861. The van der Waals surface area contributed by atoms with Crippen molar-refractivity contribution in [2.45, 2.75) is 25.3 Å². The summed E-state index contributed by atoms with van der Waals surface area (Å²) in [4.78, 5) is 20.9. The van der Waals surface area contributed by atoms with Crippen LogP contribution >= 0.6 is 0 Å². The summed E-state index contributed by atoms with van der Waals surface area (Å²) in [6.07, 6.45) is 5.22. The van der Waals surface area contributed by atoms with E-state index in [0.29, 0.717) is 17.4 Å². The van der Waals surface area contributed by atoms with Crippen molar-refractivity contribution in [1.29, 1.82) is 0 Å². The van der Waals surface area contributed by atoms with Crippen LogP contribution in [0.2, 0.25) is 0 Å². The van der Waals surface area contributed by atoms with Crippen LogP contribution in [-0.4, -0.2) is 52.9 Å². The Labute approximate surface area is 113 Å². The van der Waals surface area contributed by atoms with Crippen LogP contribution in [0, 0.1) is 0 Å². The summed E-state index contributed by atoms with van der Waals surface area (Å²) in [5.41, 5.74) is 6.68. The van der Waals surface area contributed by atoms with Crippen molar-refractivity contribution in [2.75, 3.05) is 31.9 Å². The first-order valence-corrected chi connectivity index (χ1v) is 6.99. The lowest BCUT2D eigenvalue weighted by molar-refractivity contribution is 0.0774. The van der Waals surface area contributed by atoms with Crippen LogP contribution in [0.5, 0.6) is 0 Å². The molecule has 2 saturated heterocycles. The third-order valence-electron chi connectivity index (χ3n) is 4.11. The molecule has 0 bridgehead atoms. The second kappa shape index (κ2) is 5.17. The normalized spacial score (nSPS) is 24.0.